The number of hydrogen-bond acceptors (Lipinski definition) is 6. The maximum atomic E-state index is 12.6. The Bertz CT molecular complexity index is 1060. The third-order valence-electron chi connectivity index (χ3n) is 5.67. The van der Waals surface area contributed by atoms with Crippen LogP contribution < -0.4 is 14.4 Å². The number of hydrogen-bond donors (Lipinski definition) is 0. The molecule has 2 aromatic carbocycles. The van der Waals surface area contributed by atoms with Gasteiger partial charge in [0.25, 0.3) is 5.91 Å². The predicted molar refractivity (Wildman–Crippen MR) is 124 cm³/mol. The van der Waals surface area contributed by atoms with Gasteiger partial charge in [-0.1, -0.05) is 17.7 Å². The highest BCUT2D eigenvalue weighted by molar-refractivity contribution is 5.78. The molecule has 0 atom stereocenters. The second kappa shape index (κ2) is 9.68. The normalized spacial score (nSPS) is 13.7. The zero-order valence-corrected chi connectivity index (χ0v) is 18.7. The number of methoxy groups -OCH3 is 1. The van der Waals surface area contributed by atoms with Gasteiger partial charge in [0.1, 0.15) is 11.5 Å². The Morgan fingerprint density at radius 3 is 2.31 bits per heavy atom. The summed E-state index contributed by atoms with van der Waals surface area (Å²) in [5, 5.41) is 8.78. The summed E-state index contributed by atoms with van der Waals surface area (Å²) in [6, 6.07) is 17.7. The van der Waals surface area contributed by atoms with Crippen molar-refractivity contribution in [3.05, 3.63) is 65.7 Å². The number of rotatable bonds is 6. The van der Waals surface area contributed by atoms with Gasteiger partial charge in [0.05, 0.1) is 12.8 Å². The molecule has 3 aromatic rings. The summed E-state index contributed by atoms with van der Waals surface area (Å²) in [5.74, 6) is 2.39. The molecule has 1 aromatic heterocycles. The van der Waals surface area contributed by atoms with Crippen LogP contribution in [0.15, 0.2) is 54.6 Å². The number of anilines is 1. The lowest BCUT2D eigenvalue weighted by Crippen LogP contribution is -2.50. The molecular weight excluding hydrogens is 404 g/mol. The van der Waals surface area contributed by atoms with Gasteiger partial charge in [-0.2, -0.15) is 0 Å². The Balaban J connectivity index is 1.29. The van der Waals surface area contributed by atoms with E-state index >= 15 is 0 Å². The summed E-state index contributed by atoms with van der Waals surface area (Å²) >= 11 is 0. The van der Waals surface area contributed by atoms with E-state index in [1.165, 1.54) is 5.56 Å². The Morgan fingerprint density at radius 2 is 1.69 bits per heavy atom. The molecule has 0 saturated carbocycles. The molecule has 0 N–H and O–H groups in total. The lowest BCUT2D eigenvalue weighted by molar-refractivity contribution is -0.133. The Hall–Kier alpha value is -3.61. The van der Waals surface area contributed by atoms with E-state index in [-0.39, 0.29) is 12.5 Å². The van der Waals surface area contributed by atoms with Crippen LogP contribution >= 0.6 is 0 Å². The Kier molecular flexibility index (Phi) is 6.54. The van der Waals surface area contributed by atoms with Gasteiger partial charge in [-0.15, -0.1) is 10.2 Å². The van der Waals surface area contributed by atoms with Crippen LogP contribution in [-0.4, -0.2) is 60.9 Å². The lowest BCUT2D eigenvalue weighted by atomic mass is 10.1. The SMILES string of the molecule is COc1ccc(-c2ccc(N3CCN(C(=O)COc4ccc(C)cc4C)CC3)nn2)cc1. The van der Waals surface area contributed by atoms with Crippen LogP contribution in [0.3, 0.4) is 0 Å². The molecule has 1 aliphatic heterocycles. The van der Waals surface area contributed by atoms with E-state index < -0.39 is 0 Å². The maximum absolute atomic E-state index is 12.6. The van der Waals surface area contributed by atoms with E-state index in [0.717, 1.165) is 34.1 Å². The number of benzene rings is 2. The molecule has 4 rings (SSSR count). The van der Waals surface area contributed by atoms with Gasteiger partial charge in [-0.05, 0) is 61.9 Å². The van der Waals surface area contributed by atoms with Gasteiger partial charge in [0, 0.05) is 31.7 Å². The van der Waals surface area contributed by atoms with E-state index in [9.17, 15) is 4.79 Å². The minimum Gasteiger partial charge on any atom is -0.497 e. The van der Waals surface area contributed by atoms with Gasteiger partial charge >= 0.3 is 0 Å². The minimum absolute atomic E-state index is 0.00515. The smallest absolute Gasteiger partial charge is 0.260 e. The zero-order valence-electron chi connectivity index (χ0n) is 18.7. The van der Waals surface area contributed by atoms with E-state index in [4.69, 9.17) is 9.47 Å². The molecule has 166 valence electrons. The van der Waals surface area contributed by atoms with Crippen LogP contribution in [-0.2, 0) is 4.79 Å². The number of piperazine rings is 1. The van der Waals surface area contributed by atoms with Crippen molar-refractivity contribution < 1.29 is 14.3 Å². The second-order valence-electron chi connectivity index (χ2n) is 7.93. The largest absolute Gasteiger partial charge is 0.497 e. The second-order valence-corrected chi connectivity index (χ2v) is 7.93. The average Bonchev–Trinajstić information content (AvgIpc) is 2.83. The van der Waals surface area contributed by atoms with Gasteiger partial charge in [-0.25, -0.2) is 0 Å². The van der Waals surface area contributed by atoms with Gasteiger partial charge in [-0.3, -0.25) is 4.79 Å². The molecule has 0 aliphatic carbocycles. The molecule has 2 heterocycles. The first-order valence-electron chi connectivity index (χ1n) is 10.7. The monoisotopic (exact) mass is 432 g/mol. The molecule has 7 heteroatoms. The van der Waals surface area contributed by atoms with Crippen molar-refractivity contribution in [3.8, 4) is 22.8 Å². The number of amides is 1. The summed E-state index contributed by atoms with van der Waals surface area (Å²) in [5.41, 5.74) is 4.02. The van der Waals surface area contributed by atoms with Crippen LogP contribution in [0.2, 0.25) is 0 Å². The number of aromatic nitrogens is 2. The lowest BCUT2D eigenvalue weighted by Gasteiger charge is -2.35. The van der Waals surface area contributed by atoms with Crippen molar-refractivity contribution >= 4 is 11.7 Å². The highest BCUT2D eigenvalue weighted by Crippen LogP contribution is 2.22. The number of ether oxygens (including phenoxy) is 2. The molecule has 1 amide bonds. The van der Waals surface area contributed by atoms with E-state index in [0.29, 0.717) is 26.2 Å². The van der Waals surface area contributed by atoms with Gasteiger partial charge < -0.3 is 19.3 Å². The topological polar surface area (TPSA) is 67.8 Å². The third-order valence-corrected chi connectivity index (χ3v) is 5.67. The molecule has 7 nitrogen and oxygen atoms in total. The standard InChI is InChI=1S/C25H28N4O3/c1-18-4-10-23(19(2)16-18)32-17-25(30)29-14-12-28(13-15-29)24-11-9-22(26-27-24)20-5-7-21(31-3)8-6-20/h4-11,16H,12-15,17H2,1-3H3. The molecule has 0 unspecified atom stereocenters. The summed E-state index contributed by atoms with van der Waals surface area (Å²) < 4.78 is 11.0. The molecule has 32 heavy (non-hydrogen) atoms. The molecule has 1 saturated heterocycles. The molecule has 1 aliphatic rings. The van der Waals surface area contributed by atoms with Crippen molar-refractivity contribution in [2.24, 2.45) is 0 Å². The van der Waals surface area contributed by atoms with Crippen molar-refractivity contribution in [2.45, 2.75) is 13.8 Å². The molecular formula is C25H28N4O3. The number of aryl methyl sites for hydroxylation is 2. The fraction of sp³-hybridized carbons (Fsp3) is 0.320. The average molecular weight is 433 g/mol. The van der Waals surface area contributed by atoms with Gasteiger partial charge in [0.15, 0.2) is 12.4 Å². The summed E-state index contributed by atoms with van der Waals surface area (Å²) in [7, 11) is 1.65. The first kappa shape index (κ1) is 21.6. The molecule has 0 bridgehead atoms. The highest BCUT2D eigenvalue weighted by atomic mass is 16.5. The first-order valence-corrected chi connectivity index (χ1v) is 10.7. The van der Waals surface area contributed by atoms with E-state index in [1.54, 1.807) is 7.11 Å². The summed E-state index contributed by atoms with van der Waals surface area (Å²) in [6.45, 7) is 6.79. The summed E-state index contributed by atoms with van der Waals surface area (Å²) in [4.78, 5) is 16.6. The number of carbonyl (C=O) groups excluding carboxylic acids is 1. The number of nitrogens with zero attached hydrogens (tertiary/aromatic N) is 4. The fourth-order valence-corrected chi connectivity index (χ4v) is 3.79. The van der Waals surface area contributed by atoms with Gasteiger partial charge in [0.2, 0.25) is 0 Å². The van der Waals surface area contributed by atoms with Crippen LogP contribution in [0.1, 0.15) is 11.1 Å². The van der Waals surface area contributed by atoms with Crippen molar-refractivity contribution in [2.75, 3.05) is 44.8 Å². The Labute approximate surface area is 188 Å². The third kappa shape index (κ3) is 4.99. The van der Waals surface area contributed by atoms with Crippen LogP contribution in [0.5, 0.6) is 11.5 Å². The van der Waals surface area contributed by atoms with Crippen molar-refractivity contribution in [1.82, 2.24) is 15.1 Å². The highest BCUT2D eigenvalue weighted by Gasteiger charge is 2.22. The van der Waals surface area contributed by atoms with Crippen LogP contribution in [0.25, 0.3) is 11.3 Å². The fourth-order valence-electron chi connectivity index (χ4n) is 3.79. The van der Waals surface area contributed by atoms with Crippen molar-refractivity contribution in [1.29, 1.82) is 0 Å². The van der Waals surface area contributed by atoms with Crippen molar-refractivity contribution in [3.63, 3.8) is 0 Å². The molecule has 0 spiro atoms. The van der Waals surface area contributed by atoms with E-state index in [1.807, 2.05) is 67.3 Å². The number of carbonyl (C=O) groups is 1. The Morgan fingerprint density at radius 1 is 0.938 bits per heavy atom. The molecule has 1 fully saturated rings. The predicted octanol–water partition coefficient (Wildman–Crippen LogP) is 3.50. The maximum Gasteiger partial charge on any atom is 0.260 e. The zero-order chi connectivity index (χ0) is 22.5. The molecule has 0 radical (unpaired) electrons. The van der Waals surface area contributed by atoms with E-state index in [2.05, 4.69) is 21.2 Å². The summed E-state index contributed by atoms with van der Waals surface area (Å²) in [6.07, 6.45) is 0. The first-order chi connectivity index (χ1) is 15.5. The van der Waals surface area contributed by atoms with Crippen LogP contribution in [0, 0.1) is 13.8 Å². The van der Waals surface area contributed by atoms with Crippen LogP contribution in [0.4, 0.5) is 5.82 Å². The minimum atomic E-state index is 0.00515. The quantitative estimate of drug-likeness (QED) is 0.594.